The molecule has 4 heteroatoms. The van der Waals surface area contributed by atoms with Gasteiger partial charge < -0.3 is 4.42 Å². The zero-order chi connectivity index (χ0) is 16.0. The fraction of sp³-hybridized carbons (Fsp3) is 0.0526. The van der Waals surface area contributed by atoms with E-state index in [2.05, 4.69) is 0 Å². The van der Waals surface area contributed by atoms with Crippen molar-refractivity contribution in [1.29, 1.82) is 0 Å². The first kappa shape index (κ1) is 13.5. The zero-order valence-electron chi connectivity index (χ0n) is 12.4. The summed E-state index contributed by atoms with van der Waals surface area (Å²) < 4.78 is 5.58. The number of carbonyl (C=O) groups is 2. The topological polar surface area (TPSA) is 50.5 Å². The van der Waals surface area contributed by atoms with E-state index in [-0.39, 0.29) is 11.8 Å². The van der Waals surface area contributed by atoms with Gasteiger partial charge in [-0.05, 0) is 55.5 Å². The van der Waals surface area contributed by atoms with Crippen LogP contribution in [0.1, 0.15) is 26.5 Å². The normalized spacial score (nSPS) is 13.5. The Morgan fingerprint density at radius 2 is 1.39 bits per heavy atom. The molecule has 0 saturated carbocycles. The minimum absolute atomic E-state index is 0.285. The van der Waals surface area contributed by atoms with Crippen molar-refractivity contribution in [3.63, 3.8) is 0 Å². The van der Waals surface area contributed by atoms with Crippen LogP contribution in [-0.4, -0.2) is 11.8 Å². The lowest BCUT2D eigenvalue weighted by Gasteiger charge is -2.14. The van der Waals surface area contributed by atoms with Crippen LogP contribution in [0, 0.1) is 6.92 Å². The van der Waals surface area contributed by atoms with Crippen LogP contribution in [0.15, 0.2) is 65.1 Å². The zero-order valence-corrected chi connectivity index (χ0v) is 12.4. The van der Waals surface area contributed by atoms with Gasteiger partial charge in [0.1, 0.15) is 11.5 Å². The minimum atomic E-state index is -0.285. The monoisotopic (exact) mass is 303 g/mol. The molecule has 4 nitrogen and oxygen atoms in total. The summed E-state index contributed by atoms with van der Waals surface area (Å²) in [5.74, 6) is 1.03. The van der Waals surface area contributed by atoms with Gasteiger partial charge in [0.05, 0.1) is 16.8 Å². The lowest BCUT2D eigenvalue weighted by atomic mass is 10.1. The molecule has 0 unspecified atom stereocenters. The summed E-state index contributed by atoms with van der Waals surface area (Å²) in [6, 6.07) is 17.9. The van der Waals surface area contributed by atoms with Crippen molar-refractivity contribution in [2.24, 2.45) is 0 Å². The molecule has 1 aliphatic rings. The molecule has 0 spiro atoms. The summed E-state index contributed by atoms with van der Waals surface area (Å²) in [6.07, 6.45) is 0. The second-order valence-electron chi connectivity index (χ2n) is 5.45. The first-order chi connectivity index (χ1) is 11.1. The number of imide groups is 1. The van der Waals surface area contributed by atoms with E-state index in [1.165, 1.54) is 4.90 Å². The van der Waals surface area contributed by atoms with E-state index >= 15 is 0 Å². The maximum absolute atomic E-state index is 12.5. The van der Waals surface area contributed by atoms with E-state index in [9.17, 15) is 9.59 Å². The SMILES string of the molecule is Cc1ccc(-c2ccc(N3C(=O)c4ccccc4C3=O)cc2)o1. The highest BCUT2D eigenvalue weighted by Gasteiger charge is 2.36. The second kappa shape index (κ2) is 4.95. The van der Waals surface area contributed by atoms with Gasteiger partial charge in [0.15, 0.2) is 0 Å². The molecule has 3 aromatic rings. The van der Waals surface area contributed by atoms with Crippen molar-refractivity contribution in [3.05, 3.63) is 77.6 Å². The van der Waals surface area contributed by atoms with Gasteiger partial charge in [-0.3, -0.25) is 9.59 Å². The fourth-order valence-electron chi connectivity index (χ4n) is 2.79. The van der Waals surface area contributed by atoms with E-state index < -0.39 is 0 Å². The predicted molar refractivity (Wildman–Crippen MR) is 86.5 cm³/mol. The lowest BCUT2D eigenvalue weighted by molar-refractivity contribution is 0.0926. The van der Waals surface area contributed by atoms with Crippen LogP contribution in [0.3, 0.4) is 0 Å². The van der Waals surface area contributed by atoms with Gasteiger partial charge in [0.2, 0.25) is 0 Å². The number of carbonyl (C=O) groups excluding carboxylic acids is 2. The van der Waals surface area contributed by atoms with E-state index in [4.69, 9.17) is 4.42 Å². The summed E-state index contributed by atoms with van der Waals surface area (Å²) in [5.41, 5.74) is 2.35. The first-order valence-corrected chi connectivity index (χ1v) is 7.30. The average Bonchev–Trinajstić information content (AvgIpc) is 3.11. The Labute approximate surface area is 133 Å². The molecule has 0 aliphatic carbocycles. The molecular formula is C19H13NO3. The third-order valence-corrected chi connectivity index (χ3v) is 3.94. The van der Waals surface area contributed by atoms with Crippen molar-refractivity contribution in [2.75, 3.05) is 4.90 Å². The van der Waals surface area contributed by atoms with Gasteiger partial charge in [-0.2, -0.15) is 0 Å². The van der Waals surface area contributed by atoms with E-state index in [1.54, 1.807) is 36.4 Å². The number of aryl methyl sites for hydroxylation is 1. The van der Waals surface area contributed by atoms with Gasteiger partial charge in [-0.25, -0.2) is 4.90 Å². The van der Waals surface area contributed by atoms with Crippen LogP contribution in [0.2, 0.25) is 0 Å². The summed E-state index contributed by atoms with van der Waals surface area (Å²) >= 11 is 0. The highest BCUT2D eigenvalue weighted by Crippen LogP contribution is 2.30. The molecule has 2 heterocycles. The number of anilines is 1. The number of hydrogen-bond acceptors (Lipinski definition) is 3. The number of furan rings is 1. The number of benzene rings is 2. The Hall–Kier alpha value is -3.14. The molecule has 0 fully saturated rings. The molecule has 0 saturated heterocycles. The van der Waals surface area contributed by atoms with Crippen LogP contribution in [0.4, 0.5) is 5.69 Å². The second-order valence-corrected chi connectivity index (χ2v) is 5.45. The third kappa shape index (κ3) is 2.07. The average molecular weight is 303 g/mol. The van der Waals surface area contributed by atoms with Gasteiger partial charge >= 0.3 is 0 Å². The van der Waals surface area contributed by atoms with E-state index in [0.29, 0.717) is 16.8 Å². The van der Waals surface area contributed by atoms with Crippen LogP contribution < -0.4 is 4.90 Å². The maximum Gasteiger partial charge on any atom is 0.266 e. The third-order valence-electron chi connectivity index (χ3n) is 3.94. The van der Waals surface area contributed by atoms with E-state index in [0.717, 1.165) is 17.1 Å². The Bertz CT molecular complexity index is 887. The molecule has 0 radical (unpaired) electrons. The highest BCUT2D eigenvalue weighted by atomic mass is 16.3. The van der Waals surface area contributed by atoms with Gasteiger partial charge in [-0.15, -0.1) is 0 Å². The molecule has 2 amide bonds. The Balaban J connectivity index is 1.70. The van der Waals surface area contributed by atoms with Crippen molar-refractivity contribution >= 4 is 17.5 Å². The lowest BCUT2D eigenvalue weighted by Crippen LogP contribution is -2.29. The van der Waals surface area contributed by atoms with Crippen molar-refractivity contribution in [3.8, 4) is 11.3 Å². The van der Waals surface area contributed by atoms with Gasteiger partial charge in [-0.1, -0.05) is 12.1 Å². The molecule has 0 N–H and O–H groups in total. The molecule has 23 heavy (non-hydrogen) atoms. The molecule has 112 valence electrons. The molecular weight excluding hydrogens is 290 g/mol. The van der Waals surface area contributed by atoms with Crippen LogP contribution in [0.5, 0.6) is 0 Å². The van der Waals surface area contributed by atoms with Crippen LogP contribution in [-0.2, 0) is 0 Å². The number of hydrogen-bond donors (Lipinski definition) is 0. The van der Waals surface area contributed by atoms with Crippen LogP contribution in [0.25, 0.3) is 11.3 Å². The minimum Gasteiger partial charge on any atom is -0.461 e. The molecule has 0 bridgehead atoms. The Kier molecular flexibility index (Phi) is 2.91. The number of amides is 2. The quantitative estimate of drug-likeness (QED) is 0.671. The standard InChI is InChI=1S/C19H13NO3/c1-12-6-11-17(23-12)13-7-9-14(10-8-13)20-18(21)15-4-2-3-5-16(15)19(20)22/h2-11H,1H3. The van der Waals surface area contributed by atoms with E-state index in [1.807, 2.05) is 31.2 Å². The number of rotatable bonds is 2. The highest BCUT2D eigenvalue weighted by molar-refractivity contribution is 6.34. The van der Waals surface area contributed by atoms with Crippen molar-refractivity contribution in [2.45, 2.75) is 6.92 Å². The largest absolute Gasteiger partial charge is 0.461 e. The molecule has 1 aromatic heterocycles. The summed E-state index contributed by atoms with van der Waals surface area (Å²) in [7, 11) is 0. The molecule has 2 aromatic carbocycles. The summed E-state index contributed by atoms with van der Waals surface area (Å²) in [5, 5.41) is 0. The molecule has 0 atom stereocenters. The number of fused-ring (bicyclic) bond motifs is 1. The Morgan fingerprint density at radius 3 is 1.91 bits per heavy atom. The fourth-order valence-corrected chi connectivity index (χ4v) is 2.79. The molecule has 1 aliphatic heterocycles. The van der Waals surface area contributed by atoms with Crippen LogP contribution >= 0.6 is 0 Å². The first-order valence-electron chi connectivity index (χ1n) is 7.30. The summed E-state index contributed by atoms with van der Waals surface area (Å²) in [4.78, 5) is 26.1. The predicted octanol–water partition coefficient (Wildman–Crippen LogP) is 4.06. The molecule has 4 rings (SSSR count). The van der Waals surface area contributed by atoms with Gasteiger partial charge in [0.25, 0.3) is 11.8 Å². The maximum atomic E-state index is 12.5. The smallest absolute Gasteiger partial charge is 0.266 e. The van der Waals surface area contributed by atoms with Gasteiger partial charge in [0, 0.05) is 5.56 Å². The van der Waals surface area contributed by atoms with Crippen molar-refractivity contribution < 1.29 is 14.0 Å². The Morgan fingerprint density at radius 1 is 0.783 bits per heavy atom. The van der Waals surface area contributed by atoms with Crippen molar-refractivity contribution in [1.82, 2.24) is 0 Å². The summed E-state index contributed by atoms with van der Waals surface area (Å²) in [6.45, 7) is 1.89. The number of nitrogens with zero attached hydrogens (tertiary/aromatic N) is 1.